The van der Waals surface area contributed by atoms with Crippen molar-refractivity contribution in [3.05, 3.63) is 55.0 Å². The molecule has 0 radical (unpaired) electrons. The Balaban J connectivity index is 1.39. The zero-order chi connectivity index (χ0) is 21.3. The van der Waals surface area contributed by atoms with E-state index in [-0.39, 0.29) is 4.59 Å². The van der Waals surface area contributed by atoms with Crippen LogP contribution in [-0.4, -0.2) is 63.4 Å². The molecule has 3 aliphatic rings. The number of aromatic nitrogens is 1. The van der Waals surface area contributed by atoms with E-state index in [2.05, 4.69) is 37.3 Å². The summed E-state index contributed by atoms with van der Waals surface area (Å²) in [5, 5.41) is 8.21. The zero-order valence-corrected chi connectivity index (χ0v) is 17.6. The Morgan fingerprint density at radius 3 is 2.58 bits per heavy atom. The van der Waals surface area contributed by atoms with Crippen LogP contribution in [0.5, 0.6) is 0 Å². The number of anilines is 3. The van der Waals surface area contributed by atoms with Gasteiger partial charge in [-0.1, -0.05) is 4.59 Å². The number of guanidine groups is 1. The fourth-order valence-electron chi connectivity index (χ4n) is 3.76. The first-order valence-electron chi connectivity index (χ1n) is 10.3. The van der Waals surface area contributed by atoms with Crippen molar-refractivity contribution in [2.24, 2.45) is 15.1 Å². The minimum absolute atomic E-state index is 0.110. The predicted octanol–water partition coefficient (Wildman–Crippen LogP) is 2.64. The quantitative estimate of drug-likeness (QED) is 0.774. The van der Waals surface area contributed by atoms with Gasteiger partial charge >= 0.3 is 0 Å². The number of amidine groups is 1. The topological polar surface area (TPSA) is 77.7 Å². The molecule has 5 rings (SSSR count). The van der Waals surface area contributed by atoms with E-state index in [0.29, 0.717) is 11.8 Å². The van der Waals surface area contributed by atoms with Crippen LogP contribution in [0.4, 0.5) is 22.9 Å². The molecule has 1 aromatic heterocycles. The Bertz CT molecular complexity index is 1070. The van der Waals surface area contributed by atoms with E-state index in [1.54, 1.807) is 12.4 Å². The standard InChI is InChI=1S/C22H25N8O/c1-28(2)20-8-7-19(15-24-20)30-12-9-23-16-21(30)26-22(27-30)25-17-3-5-18(6-4-17)29-10-13-31-14-11-29/h3-9,12,15-16H,10-11,13-14H2,1-2H3,(H,25,27)/q+1. The summed E-state index contributed by atoms with van der Waals surface area (Å²) in [7, 11) is 3.94. The average Bonchev–Trinajstić information content (AvgIpc) is 3.19. The molecular formula is C22H25N8O+. The molecular weight excluding hydrogens is 392 g/mol. The number of benzene rings is 1. The average molecular weight is 417 g/mol. The largest absolute Gasteiger partial charge is 0.378 e. The minimum atomic E-state index is 0.110. The number of ether oxygens (including phenoxy) is 1. The SMILES string of the molecule is CN(C)c1ccc([N+]23C=CN=CC2=NC(Nc2ccc(N4CCOCC4)cc2)=N3)cn1. The third kappa shape index (κ3) is 3.69. The van der Waals surface area contributed by atoms with Crippen molar-refractivity contribution in [3.63, 3.8) is 0 Å². The van der Waals surface area contributed by atoms with Crippen LogP contribution in [0.2, 0.25) is 0 Å². The van der Waals surface area contributed by atoms with Gasteiger partial charge in [-0.25, -0.2) is 4.98 Å². The second-order valence-corrected chi connectivity index (χ2v) is 7.70. The number of fused-ring (bicyclic) bond motifs is 1. The molecule has 9 heteroatoms. The zero-order valence-electron chi connectivity index (χ0n) is 17.6. The highest BCUT2D eigenvalue weighted by molar-refractivity contribution is 6.38. The molecule has 0 aliphatic carbocycles. The number of pyridine rings is 1. The summed E-state index contributed by atoms with van der Waals surface area (Å²) in [6.45, 7) is 3.38. The molecule has 31 heavy (non-hydrogen) atoms. The lowest BCUT2D eigenvalue weighted by Gasteiger charge is -2.28. The van der Waals surface area contributed by atoms with Gasteiger partial charge < -0.3 is 19.9 Å². The van der Waals surface area contributed by atoms with Gasteiger partial charge in [0.25, 0.3) is 11.8 Å². The Labute approximate surface area is 181 Å². The minimum Gasteiger partial charge on any atom is -0.378 e. The number of aliphatic imine (C=N–C) groups is 2. The summed E-state index contributed by atoms with van der Waals surface area (Å²) in [6.07, 6.45) is 7.21. The van der Waals surface area contributed by atoms with Crippen LogP contribution in [0, 0.1) is 0 Å². The van der Waals surface area contributed by atoms with Crippen LogP contribution in [-0.2, 0) is 4.74 Å². The summed E-state index contributed by atoms with van der Waals surface area (Å²) in [5.74, 6) is 2.13. The van der Waals surface area contributed by atoms with Crippen molar-refractivity contribution in [3.8, 4) is 0 Å². The van der Waals surface area contributed by atoms with Gasteiger partial charge in [-0.3, -0.25) is 4.99 Å². The van der Waals surface area contributed by atoms with Gasteiger partial charge in [0.15, 0.2) is 11.9 Å². The highest BCUT2D eigenvalue weighted by Gasteiger charge is 2.43. The van der Waals surface area contributed by atoms with Crippen molar-refractivity contribution in [1.82, 2.24) is 9.58 Å². The molecule has 4 heterocycles. The Morgan fingerprint density at radius 1 is 1.06 bits per heavy atom. The highest BCUT2D eigenvalue weighted by Crippen LogP contribution is 2.31. The monoisotopic (exact) mass is 417 g/mol. The second-order valence-electron chi connectivity index (χ2n) is 7.70. The van der Waals surface area contributed by atoms with Crippen LogP contribution in [0.3, 0.4) is 0 Å². The Hall–Kier alpha value is -3.56. The van der Waals surface area contributed by atoms with Crippen molar-refractivity contribution >= 4 is 40.9 Å². The molecule has 2 aromatic rings. The summed E-state index contributed by atoms with van der Waals surface area (Å²) < 4.78 is 5.54. The highest BCUT2D eigenvalue weighted by atomic mass is 16.5. The van der Waals surface area contributed by atoms with E-state index in [1.807, 2.05) is 55.7 Å². The molecule has 1 N–H and O–H groups in total. The number of quaternary nitrogens is 1. The maximum atomic E-state index is 5.43. The fourth-order valence-corrected chi connectivity index (χ4v) is 3.76. The normalized spacial score (nSPS) is 22.1. The van der Waals surface area contributed by atoms with Crippen LogP contribution < -0.4 is 19.7 Å². The molecule has 0 bridgehead atoms. The third-order valence-corrected chi connectivity index (χ3v) is 5.46. The molecule has 3 aliphatic heterocycles. The first kappa shape index (κ1) is 19.4. The van der Waals surface area contributed by atoms with Crippen molar-refractivity contribution in [2.45, 2.75) is 0 Å². The van der Waals surface area contributed by atoms with E-state index < -0.39 is 0 Å². The number of hydrogen-bond acceptors (Lipinski definition) is 8. The van der Waals surface area contributed by atoms with E-state index in [0.717, 1.165) is 43.5 Å². The summed E-state index contributed by atoms with van der Waals surface area (Å²) >= 11 is 0. The molecule has 1 unspecified atom stereocenters. The second kappa shape index (κ2) is 7.93. The number of nitrogens with one attached hydrogen (secondary N) is 1. The Kier molecular flexibility index (Phi) is 4.97. The molecule has 1 atom stereocenters. The van der Waals surface area contributed by atoms with E-state index in [4.69, 9.17) is 9.84 Å². The molecule has 0 amide bonds. The maximum absolute atomic E-state index is 5.43. The van der Waals surface area contributed by atoms with Crippen LogP contribution >= 0.6 is 0 Å². The number of nitrogens with zero attached hydrogens (tertiary/aromatic N) is 7. The molecule has 158 valence electrons. The van der Waals surface area contributed by atoms with Gasteiger partial charge in [-0.05, 0) is 35.4 Å². The fraction of sp³-hybridized carbons (Fsp3) is 0.273. The van der Waals surface area contributed by atoms with Crippen molar-refractivity contribution in [2.75, 3.05) is 55.5 Å². The lowest BCUT2D eigenvalue weighted by atomic mass is 10.2. The first-order chi connectivity index (χ1) is 15.1. The summed E-state index contributed by atoms with van der Waals surface area (Å²) in [5.41, 5.74) is 3.02. The van der Waals surface area contributed by atoms with Gasteiger partial charge in [0.1, 0.15) is 12.0 Å². The van der Waals surface area contributed by atoms with Crippen LogP contribution in [0.25, 0.3) is 0 Å². The molecule has 9 nitrogen and oxygen atoms in total. The molecule has 0 spiro atoms. The van der Waals surface area contributed by atoms with E-state index in [1.165, 1.54) is 5.69 Å². The molecule has 1 aromatic carbocycles. The first-order valence-corrected chi connectivity index (χ1v) is 10.3. The summed E-state index contributed by atoms with van der Waals surface area (Å²) in [6, 6.07) is 12.3. The van der Waals surface area contributed by atoms with Gasteiger partial charge in [-0.2, -0.15) is 4.99 Å². The maximum Gasteiger partial charge on any atom is 0.287 e. The lowest BCUT2D eigenvalue weighted by Crippen LogP contribution is -2.44. The Morgan fingerprint density at radius 2 is 1.87 bits per heavy atom. The smallest absolute Gasteiger partial charge is 0.287 e. The third-order valence-electron chi connectivity index (χ3n) is 5.46. The summed E-state index contributed by atoms with van der Waals surface area (Å²) in [4.78, 5) is 17.8. The van der Waals surface area contributed by atoms with Crippen LogP contribution in [0.15, 0.2) is 70.1 Å². The van der Waals surface area contributed by atoms with Crippen molar-refractivity contribution in [1.29, 1.82) is 0 Å². The van der Waals surface area contributed by atoms with E-state index in [9.17, 15) is 0 Å². The van der Waals surface area contributed by atoms with Gasteiger partial charge in [0.05, 0.1) is 25.6 Å². The number of hydrogen-bond donors (Lipinski definition) is 1. The van der Waals surface area contributed by atoms with E-state index >= 15 is 0 Å². The predicted molar refractivity (Wildman–Crippen MR) is 126 cm³/mol. The van der Waals surface area contributed by atoms with Crippen molar-refractivity contribution < 1.29 is 4.74 Å². The molecule has 1 fully saturated rings. The van der Waals surface area contributed by atoms with Gasteiger partial charge in [0, 0.05) is 44.6 Å². The van der Waals surface area contributed by atoms with Gasteiger partial charge in [-0.15, -0.1) is 0 Å². The number of rotatable bonds is 4. The number of morpholine rings is 1. The van der Waals surface area contributed by atoms with Gasteiger partial charge in [0.2, 0.25) is 0 Å². The molecule has 1 saturated heterocycles. The lowest BCUT2D eigenvalue weighted by molar-refractivity contribution is 0.122. The van der Waals surface area contributed by atoms with Crippen LogP contribution in [0.1, 0.15) is 0 Å². The molecule has 0 saturated carbocycles.